The van der Waals surface area contributed by atoms with Crippen LogP contribution in [0, 0.1) is 10.8 Å². The molecule has 0 N–H and O–H groups in total. The molecule has 0 radical (unpaired) electrons. The highest BCUT2D eigenvalue weighted by molar-refractivity contribution is 6.75. The summed E-state index contributed by atoms with van der Waals surface area (Å²) >= 11 is 0. The Hall–Kier alpha value is 0.234. The lowest BCUT2D eigenvalue weighted by Gasteiger charge is -2.37. The lowest BCUT2D eigenvalue weighted by Crippen LogP contribution is -2.57. The van der Waals surface area contributed by atoms with Gasteiger partial charge in [0, 0.05) is 40.5 Å². The van der Waals surface area contributed by atoms with Crippen LogP contribution in [-0.2, 0) is 21.8 Å². The van der Waals surface area contributed by atoms with Gasteiger partial charge in [0.1, 0.15) is 0 Å². The van der Waals surface area contributed by atoms with Gasteiger partial charge in [-0.15, -0.1) is 0 Å². The zero-order valence-electron chi connectivity index (χ0n) is 16.9. The van der Waals surface area contributed by atoms with E-state index in [1.165, 1.54) is 0 Å². The normalized spacial score (nSPS) is 14.3. The van der Waals surface area contributed by atoms with Gasteiger partial charge < -0.3 is 21.8 Å². The summed E-state index contributed by atoms with van der Waals surface area (Å²) in [5.74, 6) is 0. The molecule has 0 fully saturated rings. The Labute approximate surface area is 145 Å². The summed E-state index contributed by atoms with van der Waals surface area (Å²) < 4.78 is 29.4. The minimum atomic E-state index is -2.82. The third-order valence-electron chi connectivity index (χ3n) is 3.92. The number of hydrogen-bond acceptors (Lipinski definition) is 5. The van der Waals surface area contributed by atoms with Gasteiger partial charge in [-0.25, -0.2) is 0 Å². The molecule has 0 aliphatic carbocycles. The molecule has 0 bridgehead atoms. The van der Waals surface area contributed by atoms with Crippen LogP contribution in [0.2, 0.25) is 12.1 Å². The van der Waals surface area contributed by atoms with Gasteiger partial charge >= 0.3 is 17.6 Å². The van der Waals surface area contributed by atoms with Gasteiger partial charge in [-0.1, -0.05) is 41.5 Å². The van der Waals surface area contributed by atoms with Crippen LogP contribution in [0.3, 0.4) is 0 Å². The summed E-state index contributed by atoms with van der Waals surface area (Å²) in [5.41, 5.74) is 0.378. The smallest absolute Gasteiger partial charge is 0.377 e. The summed E-state index contributed by atoms with van der Waals surface area (Å²) in [6.45, 7) is 13.2. The van der Waals surface area contributed by atoms with Crippen LogP contribution in [0.25, 0.3) is 0 Å². The number of hydrogen-bond donors (Lipinski definition) is 0. The molecule has 23 heavy (non-hydrogen) atoms. The molecule has 7 heteroatoms. The SMILES string of the molecule is CO[Si](CCC(C)(C)C)(OC)O[Si](CCC(C)(C)C)(OC)OC. The van der Waals surface area contributed by atoms with E-state index in [1.807, 2.05) is 0 Å². The first-order chi connectivity index (χ1) is 10.4. The topological polar surface area (TPSA) is 46.2 Å². The molecule has 0 rings (SSSR count). The van der Waals surface area contributed by atoms with Crippen molar-refractivity contribution in [1.82, 2.24) is 0 Å². The molecule has 140 valence electrons. The molecule has 0 amide bonds. The third-order valence-corrected chi connectivity index (χ3v) is 10.6. The Kier molecular flexibility index (Phi) is 9.17. The van der Waals surface area contributed by atoms with Crippen LogP contribution >= 0.6 is 0 Å². The maximum Gasteiger partial charge on any atom is 0.493 e. The fraction of sp³-hybridized carbons (Fsp3) is 1.00. The van der Waals surface area contributed by atoms with Crippen LogP contribution < -0.4 is 0 Å². The third kappa shape index (κ3) is 8.76. The molecule has 0 aliphatic heterocycles. The molecule has 0 aromatic carbocycles. The van der Waals surface area contributed by atoms with Crippen LogP contribution in [0.15, 0.2) is 0 Å². The predicted octanol–water partition coefficient (Wildman–Crippen LogP) is 4.34. The fourth-order valence-corrected chi connectivity index (χ4v) is 9.44. The largest absolute Gasteiger partial charge is 0.493 e. The Morgan fingerprint density at radius 2 is 0.826 bits per heavy atom. The van der Waals surface area contributed by atoms with Crippen LogP contribution in [0.1, 0.15) is 54.4 Å². The quantitative estimate of drug-likeness (QED) is 0.538. The van der Waals surface area contributed by atoms with Crippen molar-refractivity contribution in [3.63, 3.8) is 0 Å². The van der Waals surface area contributed by atoms with Gasteiger partial charge in [-0.05, 0) is 23.7 Å². The van der Waals surface area contributed by atoms with Gasteiger partial charge in [0.15, 0.2) is 0 Å². The summed E-state index contributed by atoms with van der Waals surface area (Å²) in [4.78, 5) is 0. The second-order valence-electron chi connectivity index (χ2n) is 8.41. The molecule has 0 saturated heterocycles. The molecular weight excluding hydrogens is 328 g/mol. The van der Waals surface area contributed by atoms with Gasteiger partial charge in [0.05, 0.1) is 0 Å². The summed E-state index contributed by atoms with van der Waals surface area (Å²) in [6.07, 6.45) is 1.91. The second-order valence-corrected chi connectivity index (χ2v) is 14.6. The van der Waals surface area contributed by atoms with Gasteiger partial charge in [-0.3, -0.25) is 0 Å². The number of rotatable bonds is 10. The Morgan fingerprint density at radius 1 is 0.565 bits per heavy atom. The highest BCUT2D eigenvalue weighted by atomic mass is 28.5. The zero-order valence-corrected chi connectivity index (χ0v) is 18.9. The van der Waals surface area contributed by atoms with E-state index in [2.05, 4.69) is 41.5 Å². The van der Waals surface area contributed by atoms with Crippen molar-refractivity contribution in [1.29, 1.82) is 0 Å². The monoisotopic (exact) mass is 366 g/mol. The fourth-order valence-electron chi connectivity index (χ4n) is 2.14. The molecule has 0 atom stereocenters. The van der Waals surface area contributed by atoms with Crippen molar-refractivity contribution in [3.05, 3.63) is 0 Å². The first-order valence-corrected chi connectivity index (χ1v) is 12.1. The molecule has 0 aromatic rings. The van der Waals surface area contributed by atoms with Crippen molar-refractivity contribution in [2.24, 2.45) is 10.8 Å². The Bertz CT molecular complexity index is 296. The Balaban J connectivity index is 5.21. The molecule has 5 nitrogen and oxygen atoms in total. The highest BCUT2D eigenvalue weighted by Gasteiger charge is 2.52. The van der Waals surface area contributed by atoms with E-state index in [9.17, 15) is 0 Å². The molecule has 0 spiro atoms. The van der Waals surface area contributed by atoms with E-state index in [0.29, 0.717) is 0 Å². The predicted molar refractivity (Wildman–Crippen MR) is 98.4 cm³/mol. The highest BCUT2D eigenvalue weighted by Crippen LogP contribution is 2.33. The van der Waals surface area contributed by atoms with E-state index in [1.54, 1.807) is 28.4 Å². The summed E-state index contributed by atoms with van der Waals surface area (Å²) in [5, 5.41) is 0. The minimum Gasteiger partial charge on any atom is -0.377 e. The van der Waals surface area contributed by atoms with Crippen molar-refractivity contribution < 1.29 is 21.8 Å². The van der Waals surface area contributed by atoms with E-state index >= 15 is 0 Å². The summed E-state index contributed by atoms with van der Waals surface area (Å²) in [7, 11) is 1.01. The first-order valence-electron chi connectivity index (χ1n) is 8.27. The minimum absolute atomic E-state index is 0.189. The van der Waals surface area contributed by atoms with Crippen LogP contribution in [0.5, 0.6) is 0 Å². The molecule has 0 heterocycles. The average molecular weight is 367 g/mol. The van der Waals surface area contributed by atoms with Gasteiger partial charge in [0.2, 0.25) is 0 Å². The molecule has 0 aromatic heterocycles. The average Bonchev–Trinajstić information content (AvgIpc) is 2.46. The van der Waals surface area contributed by atoms with E-state index in [4.69, 9.17) is 21.8 Å². The van der Waals surface area contributed by atoms with Gasteiger partial charge in [-0.2, -0.15) is 0 Å². The van der Waals surface area contributed by atoms with Crippen LogP contribution in [-0.4, -0.2) is 46.0 Å². The maximum atomic E-state index is 6.40. The van der Waals surface area contributed by atoms with E-state index in [0.717, 1.165) is 24.9 Å². The molecule has 0 saturated carbocycles. The maximum absolute atomic E-state index is 6.40. The first kappa shape index (κ1) is 23.2. The van der Waals surface area contributed by atoms with Crippen molar-refractivity contribution in [2.75, 3.05) is 28.4 Å². The van der Waals surface area contributed by atoms with E-state index in [-0.39, 0.29) is 10.8 Å². The van der Waals surface area contributed by atoms with E-state index < -0.39 is 17.6 Å². The van der Waals surface area contributed by atoms with Crippen molar-refractivity contribution >= 4 is 17.6 Å². The van der Waals surface area contributed by atoms with Crippen molar-refractivity contribution in [2.45, 2.75) is 66.5 Å². The lowest BCUT2D eigenvalue weighted by molar-refractivity contribution is 0.0820. The lowest BCUT2D eigenvalue weighted by atomic mass is 9.94. The van der Waals surface area contributed by atoms with Gasteiger partial charge in [0.25, 0.3) is 0 Å². The standard InChI is InChI=1S/C16H38O5Si2/c1-15(2,3)11-13-22(17-7,18-8)21-23(19-9,20-10)14-12-16(4,5)6/h11-14H2,1-10H3. The second kappa shape index (κ2) is 9.08. The van der Waals surface area contributed by atoms with Crippen molar-refractivity contribution in [3.8, 4) is 0 Å². The molecule has 0 unspecified atom stereocenters. The zero-order chi connectivity index (χ0) is 18.4. The summed E-state index contributed by atoms with van der Waals surface area (Å²) in [6, 6.07) is 1.50. The van der Waals surface area contributed by atoms with Crippen LogP contribution in [0.4, 0.5) is 0 Å². The molecular formula is C16H38O5Si2. The Morgan fingerprint density at radius 3 is 1.00 bits per heavy atom. The molecule has 0 aliphatic rings.